The van der Waals surface area contributed by atoms with Crippen LogP contribution in [0, 0.1) is 0 Å². The van der Waals surface area contributed by atoms with E-state index in [2.05, 4.69) is 4.90 Å². The Bertz CT molecular complexity index is 367. The Kier molecular flexibility index (Phi) is 5.16. The fourth-order valence-electron chi connectivity index (χ4n) is 2.26. The lowest BCUT2D eigenvalue weighted by molar-refractivity contribution is 0.0761. The van der Waals surface area contributed by atoms with Crippen LogP contribution in [0.15, 0.2) is 16.8 Å². The molecule has 0 unspecified atom stereocenters. The molecule has 0 atom stereocenters. The Balaban J connectivity index is 1.87. The highest BCUT2D eigenvalue weighted by Gasteiger charge is 2.20. The average molecular weight is 268 g/mol. The van der Waals surface area contributed by atoms with E-state index in [0.717, 1.165) is 51.1 Å². The second kappa shape index (κ2) is 6.87. The van der Waals surface area contributed by atoms with Crippen LogP contribution in [0.4, 0.5) is 0 Å². The molecule has 1 aliphatic heterocycles. The zero-order chi connectivity index (χ0) is 12.8. The van der Waals surface area contributed by atoms with Crippen molar-refractivity contribution in [3.8, 4) is 0 Å². The van der Waals surface area contributed by atoms with Crippen molar-refractivity contribution in [2.45, 2.75) is 12.8 Å². The molecule has 1 N–H and O–H groups in total. The van der Waals surface area contributed by atoms with Crippen LogP contribution >= 0.6 is 11.3 Å². The van der Waals surface area contributed by atoms with Gasteiger partial charge in [-0.1, -0.05) is 0 Å². The van der Waals surface area contributed by atoms with Crippen molar-refractivity contribution >= 4 is 17.2 Å². The molecule has 1 aromatic heterocycles. The quantitative estimate of drug-likeness (QED) is 0.894. The number of nitrogens with zero attached hydrogens (tertiary/aromatic N) is 2. The minimum absolute atomic E-state index is 0.153. The van der Waals surface area contributed by atoms with Crippen molar-refractivity contribution < 1.29 is 9.90 Å². The third-order valence-corrected chi connectivity index (χ3v) is 3.96. The zero-order valence-electron chi connectivity index (χ0n) is 10.5. The molecule has 0 saturated carbocycles. The van der Waals surface area contributed by atoms with Crippen molar-refractivity contribution in [3.63, 3.8) is 0 Å². The molecule has 2 heterocycles. The fourth-order valence-corrected chi connectivity index (χ4v) is 2.89. The second-order valence-electron chi connectivity index (χ2n) is 4.58. The highest BCUT2D eigenvalue weighted by molar-refractivity contribution is 7.08. The molecule has 18 heavy (non-hydrogen) atoms. The minimum atomic E-state index is 0.153. The van der Waals surface area contributed by atoms with Gasteiger partial charge in [0.05, 0.1) is 5.56 Å². The normalized spacial score (nSPS) is 17.7. The van der Waals surface area contributed by atoms with Crippen LogP contribution in [0.1, 0.15) is 23.2 Å². The number of hydrogen-bond acceptors (Lipinski definition) is 4. The second-order valence-corrected chi connectivity index (χ2v) is 5.36. The van der Waals surface area contributed by atoms with Gasteiger partial charge in [-0.3, -0.25) is 4.79 Å². The lowest BCUT2D eigenvalue weighted by Crippen LogP contribution is -2.35. The number of aliphatic hydroxyl groups is 1. The van der Waals surface area contributed by atoms with Crippen molar-refractivity contribution in [1.82, 2.24) is 9.80 Å². The van der Waals surface area contributed by atoms with Gasteiger partial charge in [0.1, 0.15) is 0 Å². The molecular formula is C13H20N2O2S. The Labute approximate surface area is 112 Å². The van der Waals surface area contributed by atoms with Crippen LogP contribution in [0.2, 0.25) is 0 Å². The monoisotopic (exact) mass is 268 g/mol. The van der Waals surface area contributed by atoms with Gasteiger partial charge in [0.25, 0.3) is 5.91 Å². The molecule has 1 fully saturated rings. The molecule has 1 saturated heterocycles. The maximum atomic E-state index is 12.2. The number of amides is 1. The summed E-state index contributed by atoms with van der Waals surface area (Å²) in [5.74, 6) is 0.153. The maximum Gasteiger partial charge on any atom is 0.254 e. The number of aliphatic hydroxyl groups excluding tert-OH is 1. The van der Waals surface area contributed by atoms with Crippen LogP contribution < -0.4 is 0 Å². The van der Waals surface area contributed by atoms with E-state index < -0.39 is 0 Å². The van der Waals surface area contributed by atoms with Crippen molar-refractivity contribution in [3.05, 3.63) is 22.4 Å². The largest absolute Gasteiger partial charge is 0.396 e. The van der Waals surface area contributed by atoms with Crippen LogP contribution in [0.3, 0.4) is 0 Å². The van der Waals surface area contributed by atoms with Gasteiger partial charge in [-0.25, -0.2) is 0 Å². The predicted octanol–water partition coefficient (Wildman–Crippen LogP) is 1.28. The standard InChI is InChI=1S/C13H20N2O2S/c16-9-2-5-14-4-1-6-15(8-7-14)13(17)12-3-10-18-11-12/h3,10-11,16H,1-2,4-9H2. The number of rotatable bonds is 4. The van der Waals surface area contributed by atoms with E-state index in [9.17, 15) is 4.79 Å². The molecule has 0 bridgehead atoms. The molecule has 1 amide bonds. The van der Waals surface area contributed by atoms with Crippen LogP contribution in [0.5, 0.6) is 0 Å². The van der Waals surface area contributed by atoms with Gasteiger partial charge in [0, 0.05) is 38.2 Å². The molecule has 0 aliphatic carbocycles. The highest BCUT2D eigenvalue weighted by Crippen LogP contribution is 2.12. The van der Waals surface area contributed by atoms with Gasteiger partial charge in [-0.2, -0.15) is 11.3 Å². The summed E-state index contributed by atoms with van der Waals surface area (Å²) >= 11 is 1.56. The van der Waals surface area contributed by atoms with E-state index in [4.69, 9.17) is 5.11 Å². The van der Waals surface area contributed by atoms with E-state index in [0.29, 0.717) is 0 Å². The number of carbonyl (C=O) groups excluding carboxylic acids is 1. The van der Waals surface area contributed by atoms with Crippen molar-refractivity contribution in [1.29, 1.82) is 0 Å². The lowest BCUT2D eigenvalue weighted by Gasteiger charge is -2.21. The summed E-state index contributed by atoms with van der Waals surface area (Å²) in [5.41, 5.74) is 0.809. The smallest absolute Gasteiger partial charge is 0.254 e. The van der Waals surface area contributed by atoms with E-state index in [-0.39, 0.29) is 12.5 Å². The summed E-state index contributed by atoms with van der Waals surface area (Å²) in [4.78, 5) is 16.5. The van der Waals surface area contributed by atoms with Gasteiger partial charge >= 0.3 is 0 Å². The van der Waals surface area contributed by atoms with E-state index in [1.807, 2.05) is 21.7 Å². The highest BCUT2D eigenvalue weighted by atomic mass is 32.1. The maximum absolute atomic E-state index is 12.2. The number of carbonyl (C=O) groups is 1. The Morgan fingerprint density at radius 1 is 1.33 bits per heavy atom. The van der Waals surface area contributed by atoms with Gasteiger partial charge in [-0.15, -0.1) is 0 Å². The van der Waals surface area contributed by atoms with E-state index >= 15 is 0 Å². The summed E-state index contributed by atoms with van der Waals surface area (Å²) < 4.78 is 0. The Hall–Kier alpha value is -0.910. The third kappa shape index (κ3) is 3.54. The topological polar surface area (TPSA) is 43.8 Å². The molecule has 0 aromatic carbocycles. The summed E-state index contributed by atoms with van der Waals surface area (Å²) in [7, 11) is 0. The van der Waals surface area contributed by atoms with Gasteiger partial charge < -0.3 is 14.9 Å². The fraction of sp³-hybridized carbons (Fsp3) is 0.615. The molecule has 1 aromatic rings. The van der Waals surface area contributed by atoms with Gasteiger partial charge in [0.2, 0.25) is 0 Å². The summed E-state index contributed by atoms with van der Waals surface area (Å²) in [6.07, 6.45) is 1.83. The molecule has 2 rings (SSSR count). The average Bonchev–Trinajstić information content (AvgIpc) is 2.82. The third-order valence-electron chi connectivity index (χ3n) is 3.28. The molecular weight excluding hydrogens is 248 g/mol. The molecule has 100 valence electrons. The van der Waals surface area contributed by atoms with Crippen LogP contribution in [-0.2, 0) is 0 Å². The molecule has 0 radical (unpaired) electrons. The van der Waals surface area contributed by atoms with E-state index in [1.54, 1.807) is 11.3 Å². The number of thiophene rings is 1. The lowest BCUT2D eigenvalue weighted by atomic mass is 10.3. The minimum Gasteiger partial charge on any atom is -0.396 e. The first-order valence-corrected chi connectivity index (χ1v) is 7.40. The first-order chi connectivity index (χ1) is 8.81. The van der Waals surface area contributed by atoms with Crippen LogP contribution in [0.25, 0.3) is 0 Å². The Morgan fingerprint density at radius 2 is 2.22 bits per heavy atom. The first kappa shape index (κ1) is 13.5. The van der Waals surface area contributed by atoms with Crippen LogP contribution in [-0.4, -0.2) is 60.1 Å². The van der Waals surface area contributed by atoms with Crippen molar-refractivity contribution in [2.24, 2.45) is 0 Å². The first-order valence-electron chi connectivity index (χ1n) is 6.46. The van der Waals surface area contributed by atoms with E-state index in [1.165, 1.54) is 0 Å². The predicted molar refractivity (Wildman–Crippen MR) is 73.0 cm³/mol. The van der Waals surface area contributed by atoms with Gasteiger partial charge in [0.15, 0.2) is 0 Å². The van der Waals surface area contributed by atoms with Crippen molar-refractivity contribution in [2.75, 3.05) is 39.3 Å². The van der Waals surface area contributed by atoms with Gasteiger partial charge in [-0.05, 0) is 30.8 Å². The molecule has 5 heteroatoms. The summed E-state index contributed by atoms with van der Waals surface area (Å²) in [6, 6.07) is 1.89. The SMILES string of the molecule is O=C(c1ccsc1)N1CCCN(CCCO)CC1. The molecule has 1 aliphatic rings. The summed E-state index contributed by atoms with van der Waals surface area (Å²) in [5, 5.41) is 12.7. The summed E-state index contributed by atoms with van der Waals surface area (Å²) in [6.45, 7) is 4.73. The number of hydrogen-bond donors (Lipinski definition) is 1. The zero-order valence-corrected chi connectivity index (χ0v) is 11.4. The molecule has 4 nitrogen and oxygen atoms in total. The molecule has 0 spiro atoms. The Morgan fingerprint density at radius 3 is 2.94 bits per heavy atom.